The van der Waals surface area contributed by atoms with Gasteiger partial charge in [-0.2, -0.15) is 0 Å². The van der Waals surface area contributed by atoms with E-state index in [1.807, 2.05) is 26.0 Å². The van der Waals surface area contributed by atoms with Crippen LogP contribution >= 0.6 is 0 Å². The molecule has 2 heterocycles. The first-order valence-corrected chi connectivity index (χ1v) is 10.9. The highest BCUT2D eigenvalue weighted by Crippen LogP contribution is 2.18. The van der Waals surface area contributed by atoms with Gasteiger partial charge in [-0.15, -0.1) is 0 Å². The van der Waals surface area contributed by atoms with Crippen molar-refractivity contribution >= 4 is 5.91 Å². The summed E-state index contributed by atoms with van der Waals surface area (Å²) in [5.41, 5.74) is 4.78. The molecule has 0 spiro atoms. The van der Waals surface area contributed by atoms with Crippen LogP contribution in [0.5, 0.6) is 5.75 Å². The van der Waals surface area contributed by atoms with E-state index in [0.717, 1.165) is 29.1 Å². The molecule has 2 N–H and O–H groups in total. The Labute approximate surface area is 183 Å². The number of benzene rings is 2. The number of ether oxygens (including phenoxy) is 1. The molecule has 0 saturated carbocycles. The van der Waals surface area contributed by atoms with Crippen molar-refractivity contribution in [1.82, 2.24) is 10.5 Å². The van der Waals surface area contributed by atoms with Gasteiger partial charge >= 0.3 is 0 Å². The second-order valence-electron chi connectivity index (χ2n) is 8.25. The Morgan fingerprint density at radius 3 is 2.55 bits per heavy atom. The molecule has 3 aromatic rings. The van der Waals surface area contributed by atoms with Gasteiger partial charge in [0.15, 0.2) is 0 Å². The molecular formula is C25H30N3O3+. The van der Waals surface area contributed by atoms with Gasteiger partial charge in [0.25, 0.3) is 5.91 Å². The Kier molecular flexibility index (Phi) is 6.67. The number of nitrogens with one attached hydrogen (secondary N) is 2. The molecule has 4 rings (SSSR count). The number of carbonyl (C=O) groups excluding carboxylic acids is 1. The van der Waals surface area contributed by atoms with Gasteiger partial charge in [-0.1, -0.05) is 35.5 Å². The summed E-state index contributed by atoms with van der Waals surface area (Å²) in [6.45, 7) is 8.25. The van der Waals surface area contributed by atoms with Crippen molar-refractivity contribution in [2.45, 2.75) is 46.4 Å². The van der Waals surface area contributed by atoms with Gasteiger partial charge in [0.1, 0.15) is 24.7 Å². The van der Waals surface area contributed by atoms with Crippen molar-refractivity contribution in [3.8, 4) is 5.75 Å². The van der Waals surface area contributed by atoms with Gasteiger partial charge in [-0.3, -0.25) is 4.79 Å². The molecule has 6 nitrogen and oxygen atoms in total. The number of amides is 1. The predicted octanol–water partition coefficient (Wildman–Crippen LogP) is 2.98. The minimum Gasteiger partial charge on any atom is -0.489 e. The molecule has 0 aliphatic carbocycles. The highest BCUT2D eigenvalue weighted by molar-refractivity contribution is 5.94. The Morgan fingerprint density at radius 1 is 1.10 bits per heavy atom. The third-order valence-electron chi connectivity index (χ3n) is 5.90. The highest BCUT2D eigenvalue weighted by Gasteiger charge is 2.15. The van der Waals surface area contributed by atoms with E-state index in [2.05, 4.69) is 34.7 Å². The Hall–Kier alpha value is -3.12. The van der Waals surface area contributed by atoms with Crippen LogP contribution in [-0.2, 0) is 19.7 Å². The van der Waals surface area contributed by atoms with Crippen molar-refractivity contribution < 1.29 is 19.0 Å². The number of hydrogen-bond donors (Lipinski definition) is 2. The molecule has 0 radical (unpaired) electrons. The van der Waals surface area contributed by atoms with Crippen LogP contribution in [0.25, 0.3) is 0 Å². The van der Waals surface area contributed by atoms with Gasteiger partial charge in [-0.25, -0.2) is 0 Å². The molecule has 0 atom stereocenters. The molecule has 1 aliphatic rings. The molecule has 31 heavy (non-hydrogen) atoms. The first kappa shape index (κ1) is 21.1. The zero-order valence-electron chi connectivity index (χ0n) is 18.2. The van der Waals surface area contributed by atoms with Crippen LogP contribution in [-0.4, -0.2) is 24.2 Å². The number of hydrogen-bond acceptors (Lipinski definition) is 4. The van der Waals surface area contributed by atoms with E-state index < -0.39 is 0 Å². The van der Waals surface area contributed by atoms with Crippen LogP contribution in [0.4, 0.5) is 0 Å². The van der Waals surface area contributed by atoms with Crippen molar-refractivity contribution in [3.63, 3.8) is 0 Å². The topological polar surface area (TPSA) is 68.8 Å². The second kappa shape index (κ2) is 9.79. The molecule has 1 aromatic heterocycles. The maximum absolute atomic E-state index is 12.6. The van der Waals surface area contributed by atoms with Crippen LogP contribution in [0, 0.1) is 13.8 Å². The fraction of sp³-hybridized carbons (Fsp3) is 0.360. The molecule has 1 fully saturated rings. The number of aryl methyl sites for hydroxylation is 2. The molecular weight excluding hydrogens is 390 g/mol. The zero-order valence-corrected chi connectivity index (χ0v) is 18.2. The van der Waals surface area contributed by atoms with Crippen molar-refractivity contribution in [3.05, 3.63) is 82.2 Å². The maximum atomic E-state index is 12.6. The molecule has 1 amide bonds. The van der Waals surface area contributed by atoms with E-state index in [1.54, 1.807) is 17.0 Å². The van der Waals surface area contributed by atoms with Crippen LogP contribution in [0.3, 0.4) is 0 Å². The van der Waals surface area contributed by atoms with Gasteiger partial charge < -0.3 is 19.5 Å². The number of rotatable bonds is 8. The fourth-order valence-corrected chi connectivity index (χ4v) is 3.99. The molecule has 0 unspecified atom stereocenters. The van der Waals surface area contributed by atoms with Gasteiger partial charge in [0, 0.05) is 30.5 Å². The van der Waals surface area contributed by atoms with Crippen molar-refractivity contribution in [2.75, 3.05) is 13.1 Å². The van der Waals surface area contributed by atoms with Crippen molar-refractivity contribution in [2.24, 2.45) is 0 Å². The zero-order chi connectivity index (χ0) is 21.6. The second-order valence-corrected chi connectivity index (χ2v) is 8.25. The maximum Gasteiger partial charge on any atom is 0.251 e. The summed E-state index contributed by atoms with van der Waals surface area (Å²) in [5, 5.41) is 6.94. The summed E-state index contributed by atoms with van der Waals surface area (Å²) in [5.74, 6) is 1.27. The third-order valence-corrected chi connectivity index (χ3v) is 5.90. The van der Waals surface area contributed by atoms with Crippen LogP contribution in [0.1, 0.15) is 51.3 Å². The minimum atomic E-state index is -0.117. The Balaban J connectivity index is 1.29. The quantitative estimate of drug-likeness (QED) is 0.588. The standard InChI is InChI=1S/C25H29N3O3/c1-18-24(19(2)31-27-18)17-30-23-7-5-6-22(14-23)25(29)26-15-20-8-10-21(11-9-20)16-28-12-3-4-13-28/h5-11,14H,3-4,12-13,15-17H2,1-2H3,(H,26,29)/p+1. The number of likely N-dealkylation sites (tertiary alicyclic amines) is 1. The molecule has 0 bridgehead atoms. The van der Waals surface area contributed by atoms with E-state index >= 15 is 0 Å². The fourth-order valence-electron chi connectivity index (χ4n) is 3.99. The van der Waals surface area contributed by atoms with Crippen LogP contribution in [0.2, 0.25) is 0 Å². The Bertz CT molecular complexity index is 1000. The van der Waals surface area contributed by atoms with Crippen LogP contribution < -0.4 is 15.0 Å². The highest BCUT2D eigenvalue weighted by atomic mass is 16.5. The summed E-state index contributed by atoms with van der Waals surface area (Å²) >= 11 is 0. The summed E-state index contributed by atoms with van der Waals surface area (Å²) in [6.07, 6.45) is 2.68. The van der Waals surface area contributed by atoms with Crippen molar-refractivity contribution in [1.29, 1.82) is 0 Å². The van der Waals surface area contributed by atoms with E-state index in [4.69, 9.17) is 9.26 Å². The summed E-state index contributed by atoms with van der Waals surface area (Å²) in [7, 11) is 0. The lowest BCUT2D eigenvalue weighted by Gasteiger charge is -2.12. The molecule has 6 heteroatoms. The average Bonchev–Trinajstić information content (AvgIpc) is 3.41. The van der Waals surface area contributed by atoms with Gasteiger partial charge in [-0.05, 0) is 37.6 Å². The smallest absolute Gasteiger partial charge is 0.251 e. The number of quaternary nitrogens is 1. The van der Waals surface area contributed by atoms with E-state index in [0.29, 0.717) is 24.5 Å². The average molecular weight is 421 g/mol. The summed E-state index contributed by atoms with van der Waals surface area (Å²) < 4.78 is 11.0. The normalized spacial score (nSPS) is 14.0. The molecule has 2 aromatic carbocycles. The lowest BCUT2D eigenvalue weighted by atomic mass is 10.1. The summed E-state index contributed by atoms with van der Waals surface area (Å²) in [4.78, 5) is 14.3. The number of carbonyl (C=O) groups is 1. The molecule has 1 saturated heterocycles. The lowest BCUT2D eigenvalue weighted by molar-refractivity contribution is -0.901. The Morgan fingerprint density at radius 2 is 1.84 bits per heavy atom. The van der Waals surface area contributed by atoms with Crippen LogP contribution in [0.15, 0.2) is 53.1 Å². The predicted molar refractivity (Wildman–Crippen MR) is 118 cm³/mol. The first-order chi connectivity index (χ1) is 15.1. The number of aromatic nitrogens is 1. The SMILES string of the molecule is Cc1noc(C)c1COc1cccc(C(=O)NCc2ccc(C[NH+]3CCCC3)cc2)c1. The van der Waals surface area contributed by atoms with Gasteiger partial charge in [0.2, 0.25) is 0 Å². The third kappa shape index (κ3) is 5.52. The molecule has 162 valence electrons. The summed E-state index contributed by atoms with van der Waals surface area (Å²) in [6, 6.07) is 15.8. The first-order valence-electron chi connectivity index (χ1n) is 10.9. The monoisotopic (exact) mass is 420 g/mol. The van der Waals surface area contributed by atoms with Gasteiger partial charge in [0.05, 0.1) is 24.3 Å². The van der Waals surface area contributed by atoms with E-state index in [9.17, 15) is 4.79 Å². The molecule has 1 aliphatic heterocycles. The number of nitrogens with zero attached hydrogens (tertiary/aromatic N) is 1. The lowest BCUT2D eigenvalue weighted by Crippen LogP contribution is -3.08. The van der Waals surface area contributed by atoms with E-state index in [-0.39, 0.29) is 5.91 Å². The van der Waals surface area contributed by atoms with E-state index in [1.165, 1.54) is 31.5 Å². The minimum absolute atomic E-state index is 0.117. The largest absolute Gasteiger partial charge is 0.489 e.